The van der Waals surface area contributed by atoms with Gasteiger partial charge in [-0.2, -0.15) is 0 Å². The molecule has 0 aliphatic rings. The molecular formula is C15H16N2O2. The molecule has 0 aliphatic heterocycles. The van der Waals surface area contributed by atoms with Crippen LogP contribution >= 0.6 is 0 Å². The van der Waals surface area contributed by atoms with Crippen molar-refractivity contribution >= 4 is 5.97 Å². The van der Waals surface area contributed by atoms with Gasteiger partial charge in [0.25, 0.3) is 0 Å². The predicted octanol–water partition coefficient (Wildman–Crippen LogP) is 3.00. The molecule has 0 atom stereocenters. The monoisotopic (exact) mass is 256 g/mol. The van der Waals surface area contributed by atoms with E-state index in [2.05, 4.69) is 16.5 Å². The number of nitrogens with one attached hydrogen (secondary N) is 1. The summed E-state index contributed by atoms with van der Waals surface area (Å²) in [6.45, 7) is 7.22. The molecule has 0 fully saturated rings. The number of ether oxygens (including phenoxy) is 1. The van der Waals surface area contributed by atoms with Crippen LogP contribution in [-0.4, -0.2) is 15.9 Å². The molecule has 0 unspecified atom stereocenters. The van der Waals surface area contributed by atoms with Gasteiger partial charge in [0.05, 0.1) is 5.69 Å². The second kappa shape index (κ2) is 5.52. The smallest absolute Gasteiger partial charge is 0.333 e. The Bertz CT molecular complexity index is 600. The molecule has 2 rings (SSSR count). The molecule has 0 bridgehead atoms. The van der Waals surface area contributed by atoms with E-state index in [1.165, 1.54) is 0 Å². The van der Waals surface area contributed by atoms with Gasteiger partial charge in [-0.1, -0.05) is 36.9 Å². The molecule has 0 aliphatic carbocycles. The van der Waals surface area contributed by atoms with Crippen LogP contribution in [0.3, 0.4) is 0 Å². The first-order valence-electron chi connectivity index (χ1n) is 6.01. The van der Waals surface area contributed by atoms with Crippen molar-refractivity contribution in [3.05, 3.63) is 53.9 Å². The van der Waals surface area contributed by atoms with Crippen molar-refractivity contribution in [1.82, 2.24) is 9.97 Å². The maximum Gasteiger partial charge on any atom is 0.333 e. The number of aromatic amines is 1. The highest BCUT2D eigenvalue weighted by Gasteiger charge is 2.11. The van der Waals surface area contributed by atoms with Crippen molar-refractivity contribution in [1.29, 1.82) is 0 Å². The van der Waals surface area contributed by atoms with Gasteiger partial charge in [-0.15, -0.1) is 0 Å². The minimum absolute atomic E-state index is 0.154. The highest BCUT2D eigenvalue weighted by atomic mass is 16.5. The van der Waals surface area contributed by atoms with Gasteiger partial charge in [-0.3, -0.25) is 0 Å². The molecule has 1 heterocycles. The Kier molecular flexibility index (Phi) is 3.80. The minimum atomic E-state index is -0.399. The molecule has 4 heteroatoms. The zero-order valence-corrected chi connectivity index (χ0v) is 11.1. The largest absolute Gasteiger partial charge is 0.456 e. The number of esters is 1. The number of hydrogen-bond donors (Lipinski definition) is 1. The fourth-order valence-electron chi connectivity index (χ4n) is 1.63. The van der Waals surface area contributed by atoms with Crippen LogP contribution in [0.2, 0.25) is 0 Å². The summed E-state index contributed by atoms with van der Waals surface area (Å²) in [5.41, 5.74) is 3.02. The Labute approximate surface area is 112 Å². The standard InChI is InChI=1S/C15H16N2O2/c1-10(2)15(18)19-9-13-11(3)16-14(17-13)12-7-5-4-6-8-12/h4-8H,1,9H2,2-3H3,(H,16,17). The second-order valence-corrected chi connectivity index (χ2v) is 4.38. The Hall–Kier alpha value is -2.36. The van der Waals surface area contributed by atoms with Crippen LogP contribution < -0.4 is 0 Å². The van der Waals surface area contributed by atoms with Gasteiger partial charge in [0.2, 0.25) is 0 Å². The lowest BCUT2D eigenvalue weighted by Crippen LogP contribution is -2.05. The first-order valence-corrected chi connectivity index (χ1v) is 6.01. The number of nitrogens with zero attached hydrogens (tertiary/aromatic N) is 1. The molecule has 4 nitrogen and oxygen atoms in total. The molecule has 0 radical (unpaired) electrons. The van der Waals surface area contributed by atoms with Gasteiger partial charge in [0.1, 0.15) is 12.4 Å². The number of benzene rings is 1. The van der Waals surface area contributed by atoms with E-state index in [0.29, 0.717) is 5.57 Å². The molecule has 0 amide bonds. The highest BCUT2D eigenvalue weighted by Crippen LogP contribution is 2.18. The zero-order chi connectivity index (χ0) is 13.8. The van der Waals surface area contributed by atoms with E-state index in [-0.39, 0.29) is 6.61 Å². The minimum Gasteiger partial charge on any atom is -0.456 e. The summed E-state index contributed by atoms with van der Waals surface area (Å²) in [5, 5.41) is 0. The van der Waals surface area contributed by atoms with Gasteiger partial charge in [-0.25, -0.2) is 9.78 Å². The van der Waals surface area contributed by atoms with Crippen molar-refractivity contribution in [3.8, 4) is 11.4 Å². The Morgan fingerprint density at radius 3 is 2.68 bits per heavy atom. The van der Waals surface area contributed by atoms with Crippen LogP contribution in [0, 0.1) is 6.92 Å². The Balaban J connectivity index is 2.14. The lowest BCUT2D eigenvalue weighted by atomic mass is 10.2. The quantitative estimate of drug-likeness (QED) is 0.675. The van der Waals surface area contributed by atoms with E-state index in [4.69, 9.17) is 4.74 Å². The maximum atomic E-state index is 11.3. The van der Waals surface area contributed by atoms with Crippen LogP contribution in [-0.2, 0) is 16.1 Å². The molecule has 2 aromatic rings. The van der Waals surface area contributed by atoms with Crippen molar-refractivity contribution in [2.45, 2.75) is 20.5 Å². The summed E-state index contributed by atoms with van der Waals surface area (Å²) >= 11 is 0. The van der Waals surface area contributed by atoms with Crippen LogP contribution in [0.5, 0.6) is 0 Å². The number of aryl methyl sites for hydroxylation is 1. The molecule has 98 valence electrons. The number of imidazole rings is 1. The normalized spacial score (nSPS) is 10.2. The molecular weight excluding hydrogens is 240 g/mol. The van der Waals surface area contributed by atoms with Crippen molar-refractivity contribution in [2.75, 3.05) is 0 Å². The Morgan fingerprint density at radius 1 is 1.37 bits per heavy atom. The van der Waals surface area contributed by atoms with Crippen LogP contribution in [0.4, 0.5) is 0 Å². The molecule has 1 N–H and O–H groups in total. The lowest BCUT2D eigenvalue weighted by Gasteiger charge is -2.02. The number of hydrogen-bond acceptors (Lipinski definition) is 3. The summed E-state index contributed by atoms with van der Waals surface area (Å²) in [6.07, 6.45) is 0. The third-order valence-corrected chi connectivity index (χ3v) is 2.72. The molecule has 0 spiro atoms. The van der Waals surface area contributed by atoms with E-state index >= 15 is 0 Å². The van der Waals surface area contributed by atoms with E-state index in [1.54, 1.807) is 6.92 Å². The predicted molar refractivity (Wildman–Crippen MR) is 73.4 cm³/mol. The number of carbonyl (C=O) groups is 1. The summed E-state index contributed by atoms with van der Waals surface area (Å²) in [5.74, 6) is 0.378. The molecule has 1 aromatic heterocycles. The van der Waals surface area contributed by atoms with Crippen molar-refractivity contribution in [3.63, 3.8) is 0 Å². The molecule has 0 saturated heterocycles. The molecule has 0 saturated carbocycles. The SMILES string of the molecule is C=C(C)C(=O)OCc1nc(-c2ccccc2)[nH]c1C. The van der Waals surface area contributed by atoms with Gasteiger partial charge in [0, 0.05) is 16.8 Å². The fourth-order valence-corrected chi connectivity index (χ4v) is 1.63. The summed E-state index contributed by atoms with van der Waals surface area (Å²) in [7, 11) is 0. The molecule has 19 heavy (non-hydrogen) atoms. The topological polar surface area (TPSA) is 55.0 Å². The number of H-pyrrole nitrogens is 1. The fraction of sp³-hybridized carbons (Fsp3) is 0.200. The third-order valence-electron chi connectivity index (χ3n) is 2.72. The van der Waals surface area contributed by atoms with Gasteiger partial charge in [-0.05, 0) is 13.8 Å². The average Bonchev–Trinajstić information content (AvgIpc) is 2.78. The van der Waals surface area contributed by atoms with Gasteiger partial charge >= 0.3 is 5.97 Å². The zero-order valence-electron chi connectivity index (χ0n) is 11.1. The second-order valence-electron chi connectivity index (χ2n) is 4.38. The number of aromatic nitrogens is 2. The number of rotatable bonds is 4. The van der Waals surface area contributed by atoms with Crippen LogP contribution in [0.25, 0.3) is 11.4 Å². The van der Waals surface area contributed by atoms with Gasteiger partial charge in [0.15, 0.2) is 0 Å². The lowest BCUT2D eigenvalue weighted by molar-refractivity contribution is -0.140. The van der Waals surface area contributed by atoms with Crippen molar-refractivity contribution < 1.29 is 9.53 Å². The van der Waals surface area contributed by atoms with Crippen LogP contribution in [0.15, 0.2) is 42.5 Å². The van der Waals surface area contributed by atoms with Crippen molar-refractivity contribution in [2.24, 2.45) is 0 Å². The van der Waals surface area contributed by atoms with E-state index in [0.717, 1.165) is 22.8 Å². The first kappa shape index (κ1) is 13.1. The Morgan fingerprint density at radius 2 is 2.05 bits per heavy atom. The summed E-state index contributed by atoms with van der Waals surface area (Å²) in [6, 6.07) is 9.81. The first-order chi connectivity index (χ1) is 9.08. The number of carbonyl (C=O) groups excluding carboxylic acids is 1. The highest BCUT2D eigenvalue weighted by molar-refractivity contribution is 5.86. The van der Waals surface area contributed by atoms with E-state index in [9.17, 15) is 4.79 Å². The summed E-state index contributed by atoms with van der Waals surface area (Å²) in [4.78, 5) is 19.0. The van der Waals surface area contributed by atoms with Crippen LogP contribution in [0.1, 0.15) is 18.3 Å². The van der Waals surface area contributed by atoms with Gasteiger partial charge < -0.3 is 9.72 Å². The van der Waals surface area contributed by atoms with E-state index in [1.807, 2.05) is 37.3 Å². The third kappa shape index (κ3) is 3.10. The molecule has 1 aromatic carbocycles. The maximum absolute atomic E-state index is 11.3. The average molecular weight is 256 g/mol. The van der Waals surface area contributed by atoms with E-state index < -0.39 is 5.97 Å². The summed E-state index contributed by atoms with van der Waals surface area (Å²) < 4.78 is 5.10.